The van der Waals surface area contributed by atoms with Crippen LogP contribution < -0.4 is 0 Å². The Kier molecular flexibility index (Phi) is 11.4. The number of benzene rings is 2. The average Bonchev–Trinajstić information content (AvgIpc) is 2.57. The third kappa shape index (κ3) is 11.3. The van der Waals surface area contributed by atoms with Gasteiger partial charge in [0.15, 0.2) is 5.78 Å². The fourth-order valence-electron chi connectivity index (χ4n) is 1.31. The van der Waals surface area contributed by atoms with Gasteiger partial charge in [-0.25, -0.2) is 0 Å². The van der Waals surface area contributed by atoms with Crippen molar-refractivity contribution >= 4 is 11.6 Å². The molecule has 2 heteroatoms. The van der Waals surface area contributed by atoms with Gasteiger partial charge in [0.25, 0.3) is 0 Å². The second-order valence-electron chi connectivity index (χ2n) is 4.32. The molecule has 0 heterocycles. The van der Waals surface area contributed by atoms with Crippen LogP contribution in [0.25, 0.3) is 0 Å². The van der Waals surface area contributed by atoms with Crippen LogP contribution in [0.15, 0.2) is 66.7 Å². The maximum absolute atomic E-state index is 10.6. The minimum Gasteiger partial charge on any atom is -0.300 e. The molecule has 0 aliphatic rings. The highest BCUT2D eigenvalue weighted by Gasteiger charge is 1.92. The van der Waals surface area contributed by atoms with Crippen molar-refractivity contribution in [2.45, 2.75) is 33.6 Å². The van der Waals surface area contributed by atoms with Crippen molar-refractivity contribution < 1.29 is 9.59 Å². The Morgan fingerprint density at radius 1 is 0.714 bits per heavy atom. The molecule has 0 aromatic heterocycles. The zero-order valence-corrected chi connectivity index (χ0v) is 13.1. The summed E-state index contributed by atoms with van der Waals surface area (Å²) in [7, 11) is 0. The maximum Gasteiger partial charge on any atom is 0.159 e. The van der Waals surface area contributed by atoms with E-state index >= 15 is 0 Å². The summed E-state index contributed by atoms with van der Waals surface area (Å²) >= 11 is 0. The summed E-state index contributed by atoms with van der Waals surface area (Å²) in [5.41, 5.74) is 0.775. The molecule has 0 N–H and O–H groups in total. The standard InChI is InChI=1S/C8H8O.C6H6.C5H10O/c1-7(9)8-5-3-2-4-6-8;1-2-4-6-5-3-1;1-3-5(6)4-2/h2-6H,1H3;1-6H;3-4H2,1-2H3. The first-order chi connectivity index (χ1) is 10.1. The van der Waals surface area contributed by atoms with E-state index in [4.69, 9.17) is 0 Å². The van der Waals surface area contributed by atoms with Gasteiger partial charge in [-0.05, 0) is 6.92 Å². The Morgan fingerprint density at radius 2 is 1.05 bits per heavy atom. The fourth-order valence-corrected chi connectivity index (χ4v) is 1.31. The highest BCUT2D eigenvalue weighted by atomic mass is 16.1. The Hall–Kier alpha value is -2.22. The average molecular weight is 284 g/mol. The summed E-state index contributed by atoms with van der Waals surface area (Å²) in [5, 5.41) is 0. The van der Waals surface area contributed by atoms with Gasteiger partial charge in [0.2, 0.25) is 0 Å². The third-order valence-electron chi connectivity index (χ3n) is 2.64. The van der Waals surface area contributed by atoms with Crippen molar-refractivity contribution in [1.29, 1.82) is 0 Å². The molecule has 0 aliphatic heterocycles. The lowest BCUT2D eigenvalue weighted by Gasteiger charge is -1.89. The first kappa shape index (κ1) is 18.8. The molecule has 0 radical (unpaired) electrons. The van der Waals surface area contributed by atoms with Crippen LogP contribution in [0.1, 0.15) is 44.0 Å². The van der Waals surface area contributed by atoms with Gasteiger partial charge < -0.3 is 0 Å². The minimum atomic E-state index is 0.121. The third-order valence-corrected chi connectivity index (χ3v) is 2.64. The van der Waals surface area contributed by atoms with Crippen LogP contribution in [0.3, 0.4) is 0 Å². The number of ketones is 2. The van der Waals surface area contributed by atoms with Crippen LogP contribution in [0.4, 0.5) is 0 Å². The van der Waals surface area contributed by atoms with E-state index in [0.29, 0.717) is 18.6 Å². The van der Waals surface area contributed by atoms with Crippen molar-refractivity contribution in [3.05, 3.63) is 72.3 Å². The van der Waals surface area contributed by atoms with Crippen molar-refractivity contribution in [2.75, 3.05) is 0 Å². The number of Topliss-reactive ketones (excluding diaryl/α,β-unsaturated/α-hetero) is 2. The molecular weight excluding hydrogens is 260 g/mol. The van der Waals surface area contributed by atoms with Gasteiger partial charge in [-0.15, -0.1) is 0 Å². The zero-order valence-electron chi connectivity index (χ0n) is 13.1. The van der Waals surface area contributed by atoms with Crippen molar-refractivity contribution in [3.8, 4) is 0 Å². The highest BCUT2D eigenvalue weighted by Crippen LogP contribution is 1.97. The van der Waals surface area contributed by atoms with E-state index in [1.165, 1.54) is 0 Å². The van der Waals surface area contributed by atoms with Crippen molar-refractivity contribution in [3.63, 3.8) is 0 Å². The van der Waals surface area contributed by atoms with Gasteiger partial charge in [-0.1, -0.05) is 80.6 Å². The van der Waals surface area contributed by atoms with E-state index in [1.54, 1.807) is 6.92 Å². The Morgan fingerprint density at radius 3 is 1.24 bits per heavy atom. The summed E-state index contributed by atoms with van der Waals surface area (Å²) in [6.45, 7) is 5.33. The monoisotopic (exact) mass is 284 g/mol. The molecule has 2 aromatic rings. The van der Waals surface area contributed by atoms with E-state index in [1.807, 2.05) is 80.6 Å². The Labute approximate surface area is 127 Å². The van der Waals surface area contributed by atoms with Gasteiger partial charge in [-0.3, -0.25) is 9.59 Å². The molecule has 0 unspecified atom stereocenters. The summed E-state index contributed by atoms with van der Waals surface area (Å²) in [4.78, 5) is 20.8. The zero-order chi connectivity index (χ0) is 15.9. The summed E-state index contributed by atoms with van der Waals surface area (Å²) in [6, 6.07) is 21.2. The number of hydrogen-bond donors (Lipinski definition) is 0. The summed E-state index contributed by atoms with van der Waals surface area (Å²) in [5.74, 6) is 0.464. The molecule has 0 saturated heterocycles. The van der Waals surface area contributed by atoms with Crippen LogP contribution in [0, 0.1) is 0 Å². The SMILES string of the molecule is CC(=O)c1ccccc1.CCC(=O)CC.c1ccccc1. The van der Waals surface area contributed by atoms with Crippen LogP contribution in [0.2, 0.25) is 0 Å². The fraction of sp³-hybridized carbons (Fsp3) is 0.263. The van der Waals surface area contributed by atoms with Gasteiger partial charge in [-0.2, -0.15) is 0 Å². The summed E-state index contributed by atoms with van der Waals surface area (Å²) < 4.78 is 0. The number of hydrogen-bond acceptors (Lipinski definition) is 2. The number of rotatable bonds is 3. The van der Waals surface area contributed by atoms with E-state index in [-0.39, 0.29) is 5.78 Å². The Bertz CT molecular complexity index is 457. The quantitative estimate of drug-likeness (QED) is 0.747. The smallest absolute Gasteiger partial charge is 0.159 e. The van der Waals surface area contributed by atoms with E-state index in [0.717, 1.165) is 5.56 Å². The normalized spacial score (nSPS) is 8.52. The summed E-state index contributed by atoms with van der Waals surface area (Å²) in [6.07, 6.45) is 1.38. The molecule has 0 amide bonds. The molecule has 0 atom stereocenters. The molecule has 2 aromatic carbocycles. The van der Waals surface area contributed by atoms with E-state index < -0.39 is 0 Å². The van der Waals surface area contributed by atoms with Gasteiger partial charge >= 0.3 is 0 Å². The lowest BCUT2D eigenvalue weighted by Crippen LogP contribution is -1.88. The first-order valence-electron chi connectivity index (χ1n) is 7.19. The lowest BCUT2D eigenvalue weighted by atomic mass is 10.2. The predicted octanol–water partition coefficient (Wildman–Crippen LogP) is 4.95. The predicted molar refractivity (Wildman–Crippen MR) is 88.5 cm³/mol. The van der Waals surface area contributed by atoms with Crippen molar-refractivity contribution in [1.82, 2.24) is 0 Å². The second-order valence-corrected chi connectivity index (χ2v) is 4.32. The van der Waals surface area contributed by atoms with Crippen LogP contribution in [-0.4, -0.2) is 11.6 Å². The molecule has 0 bridgehead atoms. The molecule has 0 fully saturated rings. The van der Waals surface area contributed by atoms with E-state index in [2.05, 4.69) is 0 Å². The van der Waals surface area contributed by atoms with Crippen LogP contribution in [-0.2, 0) is 4.79 Å². The maximum atomic E-state index is 10.6. The topological polar surface area (TPSA) is 34.1 Å². The largest absolute Gasteiger partial charge is 0.300 e. The molecule has 21 heavy (non-hydrogen) atoms. The van der Waals surface area contributed by atoms with Gasteiger partial charge in [0.05, 0.1) is 0 Å². The lowest BCUT2D eigenvalue weighted by molar-refractivity contribution is -0.118. The Balaban J connectivity index is 0.000000297. The number of carbonyl (C=O) groups is 2. The van der Waals surface area contributed by atoms with Gasteiger partial charge in [0, 0.05) is 18.4 Å². The van der Waals surface area contributed by atoms with E-state index in [9.17, 15) is 9.59 Å². The number of carbonyl (C=O) groups excluding carboxylic acids is 2. The molecule has 0 saturated carbocycles. The van der Waals surface area contributed by atoms with Crippen LogP contribution >= 0.6 is 0 Å². The first-order valence-corrected chi connectivity index (χ1v) is 7.19. The molecule has 2 nitrogen and oxygen atoms in total. The molecule has 2 rings (SSSR count). The van der Waals surface area contributed by atoms with Gasteiger partial charge in [0.1, 0.15) is 5.78 Å². The van der Waals surface area contributed by atoms with Crippen molar-refractivity contribution in [2.24, 2.45) is 0 Å². The minimum absolute atomic E-state index is 0.121. The molecule has 112 valence electrons. The highest BCUT2D eigenvalue weighted by molar-refractivity contribution is 5.93. The molecule has 0 spiro atoms. The van der Waals surface area contributed by atoms with Crippen LogP contribution in [0.5, 0.6) is 0 Å². The molecular formula is C19H24O2. The molecule has 0 aliphatic carbocycles. The second kappa shape index (κ2) is 12.8.